The molecule has 0 N–H and O–H groups in total. The molecule has 1 aliphatic heterocycles. The van der Waals surface area contributed by atoms with E-state index >= 15 is 0 Å². The average Bonchev–Trinajstić information content (AvgIpc) is 2.24. The van der Waals surface area contributed by atoms with Crippen LogP contribution in [0.5, 0.6) is 0 Å². The van der Waals surface area contributed by atoms with E-state index in [0.717, 1.165) is 25.7 Å². The fourth-order valence-corrected chi connectivity index (χ4v) is 1.64. The van der Waals surface area contributed by atoms with Gasteiger partial charge in [-0.25, -0.2) is 0 Å². The Bertz CT molecular complexity index is 245. The lowest BCUT2D eigenvalue weighted by Crippen LogP contribution is -2.32. The van der Waals surface area contributed by atoms with Crippen molar-refractivity contribution in [3.8, 4) is 0 Å². The number of carbonyl (C=O) groups excluding carboxylic acids is 1. The highest BCUT2D eigenvalue weighted by molar-refractivity contribution is 5.75. The van der Waals surface area contributed by atoms with Crippen molar-refractivity contribution < 1.29 is 9.53 Å². The molecule has 0 unspecified atom stereocenters. The van der Waals surface area contributed by atoms with Gasteiger partial charge in [0.15, 0.2) is 0 Å². The number of hydrogen-bond acceptors (Lipinski definition) is 2. The van der Waals surface area contributed by atoms with Gasteiger partial charge in [0.25, 0.3) is 0 Å². The second-order valence-corrected chi connectivity index (χ2v) is 4.20. The maximum Gasteiger partial charge on any atom is 0.309 e. The summed E-state index contributed by atoms with van der Waals surface area (Å²) in [5, 5.41) is 0. The van der Waals surface area contributed by atoms with Gasteiger partial charge in [-0.2, -0.15) is 0 Å². The second kappa shape index (κ2) is 8.14. The van der Waals surface area contributed by atoms with Crippen molar-refractivity contribution in [3.63, 3.8) is 0 Å². The first-order chi connectivity index (χ1) is 7.83. The van der Waals surface area contributed by atoms with Crippen LogP contribution in [0.25, 0.3) is 0 Å². The largest absolute Gasteiger partial charge is 0.462 e. The van der Waals surface area contributed by atoms with E-state index in [-0.39, 0.29) is 12.1 Å². The molecule has 1 saturated heterocycles. The number of rotatable bonds is 8. The van der Waals surface area contributed by atoms with E-state index in [4.69, 9.17) is 4.74 Å². The van der Waals surface area contributed by atoms with Crippen molar-refractivity contribution in [1.82, 2.24) is 0 Å². The maximum absolute atomic E-state index is 10.5. The summed E-state index contributed by atoms with van der Waals surface area (Å²) < 4.78 is 4.93. The Morgan fingerprint density at radius 2 is 1.69 bits per heavy atom. The molecular formula is C14H22O2. The van der Waals surface area contributed by atoms with Gasteiger partial charge < -0.3 is 4.74 Å². The smallest absolute Gasteiger partial charge is 0.309 e. The van der Waals surface area contributed by atoms with Crippen molar-refractivity contribution in [2.45, 2.75) is 58.0 Å². The third-order valence-electron chi connectivity index (χ3n) is 2.64. The van der Waals surface area contributed by atoms with Crippen LogP contribution in [0.2, 0.25) is 0 Å². The predicted molar refractivity (Wildman–Crippen MR) is 66.2 cm³/mol. The Morgan fingerprint density at radius 1 is 1.12 bits per heavy atom. The minimum atomic E-state index is -0.0463. The predicted octanol–water partition coefficient (Wildman–Crippen LogP) is 3.77. The lowest BCUT2D eigenvalue weighted by atomic mass is 10.1. The summed E-state index contributed by atoms with van der Waals surface area (Å²) in [5.41, 5.74) is 0. The molecule has 0 aliphatic carbocycles. The van der Waals surface area contributed by atoms with Gasteiger partial charge >= 0.3 is 5.97 Å². The highest BCUT2D eigenvalue weighted by atomic mass is 16.6. The summed E-state index contributed by atoms with van der Waals surface area (Å²) in [6.45, 7) is 2.19. The molecule has 1 fully saturated rings. The quantitative estimate of drug-likeness (QED) is 0.355. The van der Waals surface area contributed by atoms with Gasteiger partial charge in [0.2, 0.25) is 0 Å². The number of unbranched alkanes of at least 4 members (excludes halogenated alkanes) is 2. The van der Waals surface area contributed by atoms with Gasteiger partial charge in [-0.3, -0.25) is 4.79 Å². The molecule has 2 heteroatoms. The summed E-state index contributed by atoms with van der Waals surface area (Å²) in [6, 6.07) is 0. The molecule has 0 bridgehead atoms. The van der Waals surface area contributed by atoms with Crippen LogP contribution in [-0.2, 0) is 9.53 Å². The summed E-state index contributed by atoms with van der Waals surface area (Å²) in [4.78, 5) is 10.5. The van der Waals surface area contributed by atoms with E-state index in [2.05, 4.69) is 31.2 Å². The van der Waals surface area contributed by atoms with Gasteiger partial charge in [-0.1, -0.05) is 37.6 Å². The molecule has 1 aliphatic rings. The van der Waals surface area contributed by atoms with Gasteiger partial charge in [-0.05, 0) is 32.1 Å². The topological polar surface area (TPSA) is 26.3 Å². The van der Waals surface area contributed by atoms with Crippen molar-refractivity contribution >= 4 is 5.97 Å². The number of esters is 1. The molecule has 0 aromatic carbocycles. The van der Waals surface area contributed by atoms with Crippen molar-refractivity contribution in [2.24, 2.45) is 0 Å². The molecule has 0 amide bonds. The Hall–Kier alpha value is -1.05. The van der Waals surface area contributed by atoms with Crippen LogP contribution in [0.1, 0.15) is 51.9 Å². The summed E-state index contributed by atoms with van der Waals surface area (Å²) in [5.74, 6) is -0.0463. The molecular weight excluding hydrogens is 200 g/mol. The number of carbonyl (C=O) groups is 1. The normalized spacial score (nSPS) is 20.3. The highest BCUT2D eigenvalue weighted by Crippen LogP contribution is 2.18. The molecule has 0 spiro atoms. The average molecular weight is 222 g/mol. The van der Waals surface area contributed by atoms with Crippen LogP contribution < -0.4 is 0 Å². The lowest BCUT2D eigenvalue weighted by Gasteiger charge is -2.24. The highest BCUT2D eigenvalue weighted by Gasteiger charge is 2.26. The SMILES string of the molecule is CCC/C=C/CC/C=C/CC[C@@H]1CC(=O)O1. The van der Waals surface area contributed by atoms with E-state index in [0.29, 0.717) is 6.42 Å². The standard InChI is InChI=1S/C14H22O2/c1-2-3-4-5-6-7-8-9-10-11-13-12-14(15)16-13/h4-5,8-9,13H,2-3,6-7,10-12H2,1H3/b5-4+,9-8+/t13-/m1/s1. The summed E-state index contributed by atoms with van der Waals surface area (Å²) in [6.07, 6.45) is 16.4. The molecule has 1 rings (SSSR count). The Kier molecular flexibility index (Phi) is 6.62. The lowest BCUT2D eigenvalue weighted by molar-refractivity contribution is -0.169. The van der Waals surface area contributed by atoms with Crippen LogP contribution in [0.4, 0.5) is 0 Å². The molecule has 0 saturated carbocycles. The third-order valence-corrected chi connectivity index (χ3v) is 2.64. The minimum absolute atomic E-state index is 0.0463. The maximum atomic E-state index is 10.5. The van der Waals surface area contributed by atoms with Crippen LogP contribution in [-0.4, -0.2) is 12.1 Å². The molecule has 0 aromatic rings. The first-order valence-electron chi connectivity index (χ1n) is 6.32. The number of hydrogen-bond donors (Lipinski definition) is 0. The molecule has 1 heterocycles. The zero-order valence-electron chi connectivity index (χ0n) is 10.2. The first-order valence-corrected chi connectivity index (χ1v) is 6.32. The van der Waals surface area contributed by atoms with Crippen LogP contribution >= 0.6 is 0 Å². The van der Waals surface area contributed by atoms with Crippen LogP contribution in [0.3, 0.4) is 0 Å². The number of ether oxygens (including phenoxy) is 1. The summed E-state index contributed by atoms with van der Waals surface area (Å²) >= 11 is 0. The zero-order valence-corrected chi connectivity index (χ0v) is 10.2. The number of cyclic esters (lactones) is 1. The zero-order chi connectivity index (χ0) is 11.6. The van der Waals surface area contributed by atoms with Gasteiger partial charge in [0.05, 0.1) is 6.42 Å². The fourth-order valence-electron chi connectivity index (χ4n) is 1.64. The van der Waals surface area contributed by atoms with E-state index in [1.54, 1.807) is 0 Å². The second-order valence-electron chi connectivity index (χ2n) is 4.20. The van der Waals surface area contributed by atoms with E-state index in [1.807, 2.05) is 0 Å². The molecule has 0 radical (unpaired) electrons. The van der Waals surface area contributed by atoms with Gasteiger partial charge in [0, 0.05) is 0 Å². The van der Waals surface area contributed by atoms with E-state index in [1.165, 1.54) is 12.8 Å². The van der Waals surface area contributed by atoms with Crippen LogP contribution in [0, 0.1) is 0 Å². The molecule has 2 nitrogen and oxygen atoms in total. The Labute approximate surface area is 98.4 Å². The van der Waals surface area contributed by atoms with E-state index in [9.17, 15) is 4.79 Å². The number of allylic oxidation sites excluding steroid dienone is 4. The van der Waals surface area contributed by atoms with Gasteiger partial charge in [0.1, 0.15) is 6.10 Å². The molecule has 90 valence electrons. The minimum Gasteiger partial charge on any atom is -0.462 e. The molecule has 0 aromatic heterocycles. The van der Waals surface area contributed by atoms with Crippen molar-refractivity contribution in [2.75, 3.05) is 0 Å². The van der Waals surface area contributed by atoms with Crippen molar-refractivity contribution in [3.05, 3.63) is 24.3 Å². The molecule has 16 heavy (non-hydrogen) atoms. The first kappa shape index (κ1) is 13.0. The monoisotopic (exact) mass is 222 g/mol. The van der Waals surface area contributed by atoms with Crippen molar-refractivity contribution in [1.29, 1.82) is 0 Å². The third kappa shape index (κ3) is 5.74. The Morgan fingerprint density at radius 3 is 2.25 bits per heavy atom. The van der Waals surface area contributed by atoms with Crippen LogP contribution in [0.15, 0.2) is 24.3 Å². The van der Waals surface area contributed by atoms with E-state index < -0.39 is 0 Å². The molecule has 1 atom stereocenters. The Balaban J connectivity index is 1.87. The van der Waals surface area contributed by atoms with Gasteiger partial charge in [-0.15, -0.1) is 0 Å². The fraction of sp³-hybridized carbons (Fsp3) is 0.643. The summed E-state index contributed by atoms with van der Waals surface area (Å²) in [7, 11) is 0.